The van der Waals surface area contributed by atoms with E-state index >= 15 is 0 Å². The van der Waals surface area contributed by atoms with Gasteiger partial charge in [-0.3, -0.25) is 4.79 Å². The molecule has 2 rings (SSSR count). The maximum atomic E-state index is 11.7. The molecule has 18 heavy (non-hydrogen) atoms. The molecule has 0 atom stereocenters. The minimum Gasteiger partial charge on any atom is -0.356 e. The first kappa shape index (κ1) is 13.0. The molecule has 0 unspecified atom stereocenters. The average Bonchev–Trinajstić information content (AvgIpc) is 2.89. The smallest absolute Gasteiger partial charge is 0.220 e. The molecule has 1 saturated heterocycles. The van der Waals surface area contributed by atoms with Gasteiger partial charge >= 0.3 is 0 Å². The number of carbonyl (C=O) groups is 1. The first-order valence-electron chi connectivity index (χ1n) is 6.54. The minimum absolute atomic E-state index is 0.108. The van der Waals surface area contributed by atoms with Gasteiger partial charge in [0.25, 0.3) is 0 Å². The predicted molar refractivity (Wildman–Crippen MR) is 67.9 cm³/mol. The van der Waals surface area contributed by atoms with Crippen LogP contribution in [0.3, 0.4) is 0 Å². The molecular formula is C12H21N5O. The summed E-state index contributed by atoms with van der Waals surface area (Å²) in [5, 5.41) is 13.2. The zero-order valence-electron chi connectivity index (χ0n) is 10.9. The van der Waals surface area contributed by atoms with Crippen molar-refractivity contribution in [1.82, 2.24) is 25.6 Å². The third-order valence-corrected chi connectivity index (χ3v) is 3.50. The summed E-state index contributed by atoms with van der Waals surface area (Å²) in [5.74, 6) is 0.745. The molecule has 0 radical (unpaired) electrons. The van der Waals surface area contributed by atoms with Crippen molar-refractivity contribution in [3.8, 4) is 0 Å². The van der Waals surface area contributed by atoms with E-state index in [1.165, 1.54) is 12.8 Å². The molecule has 2 N–H and O–H groups in total. The summed E-state index contributed by atoms with van der Waals surface area (Å²) in [6, 6.07) is 0. The van der Waals surface area contributed by atoms with Crippen LogP contribution in [0.4, 0.5) is 0 Å². The number of rotatable bonds is 5. The van der Waals surface area contributed by atoms with E-state index in [4.69, 9.17) is 0 Å². The molecule has 1 aliphatic rings. The van der Waals surface area contributed by atoms with Gasteiger partial charge in [-0.25, -0.2) is 0 Å². The number of likely N-dealkylation sites (tertiary alicyclic amines) is 1. The lowest BCUT2D eigenvalue weighted by atomic mass is 9.97. The summed E-state index contributed by atoms with van der Waals surface area (Å²) in [5.41, 5.74) is 0.837. The van der Waals surface area contributed by atoms with Gasteiger partial charge in [-0.15, -0.1) is 0 Å². The summed E-state index contributed by atoms with van der Waals surface area (Å²) in [6.45, 7) is 3.09. The number of aromatic amines is 1. The van der Waals surface area contributed by atoms with E-state index in [1.807, 2.05) is 0 Å². The van der Waals surface area contributed by atoms with Crippen LogP contribution < -0.4 is 5.32 Å². The van der Waals surface area contributed by atoms with E-state index in [2.05, 4.69) is 32.7 Å². The van der Waals surface area contributed by atoms with Crippen LogP contribution in [0.25, 0.3) is 0 Å². The average molecular weight is 251 g/mol. The molecule has 0 bridgehead atoms. The van der Waals surface area contributed by atoms with E-state index in [0.717, 1.165) is 25.3 Å². The van der Waals surface area contributed by atoms with Crippen molar-refractivity contribution < 1.29 is 4.79 Å². The number of aryl methyl sites for hydroxylation is 1. The zero-order valence-corrected chi connectivity index (χ0v) is 10.9. The quantitative estimate of drug-likeness (QED) is 0.784. The Bertz CT molecular complexity index is 357. The number of nitrogens with one attached hydrogen (secondary N) is 2. The standard InChI is InChI=1S/C12H21N5O/c1-17-6-4-10(5-7-17)8-13-12(18)3-2-11-9-14-16-15-11/h9-10H,2-8H2,1H3,(H,13,18)(H,14,15,16). The Hall–Kier alpha value is -1.43. The number of hydrogen-bond acceptors (Lipinski definition) is 4. The van der Waals surface area contributed by atoms with Crippen LogP contribution >= 0.6 is 0 Å². The number of H-pyrrole nitrogens is 1. The Morgan fingerprint density at radius 3 is 3.00 bits per heavy atom. The van der Waals surface area contributed by atoms with Crippen molar-refractivity contribution in [3.05, 3.63) is 11.9 Å². The van der Waals surface area contributed by atoms with E-state index in [9.17, 15) is 4.79 Å². The first-order chi connectivity index (χ1) is 8.74. The van der Waals surface area contributed by atoms with Crippen molar-refractivity contribution in [3.63, 3.8) is 0 Å². The van der Waals surface area contributed by atoms with Crippen LogP contribution in [0.1, 0.15) is 25.0 Å². The van der Waals surface area contributed by atoms with Crippen LogP contribution in [0.5, 0.6) is 0 Å². The molecule has 1 aromatic rings. The van der Waals surface area contributed by atoms with Gasteiger partial charge in [-0.2, -0.15) is 15.4 Å². The lowest BCUT2D eigenvalue weighted by Crippen LogP contribution is -2.36. The van der Waals surface area contributed by atoms with Gasteiger partial charge in [0, 0.05) is 19.4 Å². The van der Waals surface area contributed by atoms with Crippen LogP contribution in [0.15, 0.2) is 6.20 Å². The highest BCUT2D eigenvalue weighted by molar-refractivity contribution is 5.76. The molecule has 0 saturated carbocycles. The van der Waals surface area contributed by atoms with E-state index in [1.54, 1.807) is 6.20 Å². The third-order valence-electron chi connectivity index (χ3n) is 3.50. The predicted octanol–water partition coefficient (Wildman–Crippen LogP) is 0.195. The molecule has 6 nitrogen and oxygen atoms in total. The number of nitrogens with zero attached hydrogens (tertiary/aromatic N) is 3. The topological polar surface area (TPSA) is 73.9 Å². The number of hydrogen-bond donors (Lipinski definition) is 2. The fraction of sp³-hybridized carbons (Fsp3) is 0.750. The van der Waals surface area contributed by atoms with Gasteiger partial charge in [-0.05, 0) is 38.9 Å². The van der Waals surface area contributed by atoms with Crippen molar-refractivity contribution in [2.75, 3.05) is 26.7 Å². The first-order valence-corrected chi connectivity index (χ1v) is 6.54. The number of piperidine rings is 1. The van der Waals surface area contributed by atoms with Crippen LogP contribution in [0.2, 0.25) is 0 Å². The molecular weight excluding hydrogens is 230 g/mol. The number of aromatic nitrogens is 3. The number of carbonyl (C=O) groups excluding carboxylic acids is 1. The Kier molecular flexibility index (Phi) is 4.69. The monoisotopic (exact) mass is 251 g/mol. The third kappa shape index (κ3) is 4.10. The molecule has 1 amide bonds. The van der Waals surface area contributed by atoms with Crippen molar-refractivity contribution in [1.29, 1.82) is 0 Å². The number of amides is 1. The summed E-state index contributed by atoms with van der Waals surface area (Å²) >= 11 is 0. The van der Waals surface area contributed by atoms with Gasteiger partial charge in [0.05, 0.1) is 11.9 Å². The molecule has 6 heteroatoms. The normalized spacial score (nSPS) is 17.8. The lowest BCUT2D eigenvalue weighted by molar-refractivity contribution is -0.121. The summed E-state index contributed by atoms with van der Waals surface area (Å²) in [6.07, 6.45) is 5.15. The van der Waals surface area contributed by atoms with Crippen LogP contribution in [0, 0.1) is 5.92 Å². The second-order valence-electron chi connectivity index (χ2n) is 5.01. The molecule has 2 heterocycles. The zero-order chi connectivity index (χ0) is 12.8. The highest BCUT2D eigenvalue weighted by Gasteiger charge is 2.17. The fourth-order valence-electron chi connectivity index (χ4n) is 2.20. The summed E-state index contributed by atoms with van der Waals surface area (Å²) in [7, 11) is 2.15. The van der Waals surface area contributed by atoms with E-state index < -0.39 is 0 Å². The van der Waals surface area contributed by atoms with Gasteiger partial charge in [-0.1, -0.05) is 0 Å². The van der Waals surface area contributed by atoms with E-state index in [-0.39, 0.29) is 5.91 Å². The molecule has 0 aliphatic carbocycles. The fourth-order valence-corrected chi connectivity index (χ4v) is 2.20. The molecule has 0 aromatic carbocycles. The molecule has 0 spiro atoms. The van der Waals surface area contributed by atoms with E-state index in [0.29, 0.717) is 18.8 Å². The highest BCUT2D eigenvalue weighted by atomic mass is 16.1. The summed E-state index contributed by atoms with van der Waals surface area (Å²) in [4.78, 5) is 14.0. The SMILES string of the molecule is CN1CCC(CNC(=O)CCc2cn[nH]n2)CC1. The van der Waals surface area contributed by atoms with Gasteiger partial charge in [0.15, 0.2) is 0 Å². The second-order valence-corrected chi connectivity index (χ2v) is 5.01. The minimum atomic E-state index is 0.108. The highest BCUT2D eigenvalue weighted by Crippen LogP contribution is 2.14. The van der Waals surface area contributed by atoms with Crippen molar-refractivity contribution in [2.24, 2.45) is 5.92 Å². The molecule has 100 valence electrons. The maximum Gasteiger partial charge on any atom is 0.220 e. The Labute approximate surface area is 107 Å². The van der Waals surface area contributed by atoms with Gasteiger partial charge in [0.2, 0.25) is 5.91 Å². The van der Waals surface area contributed by atoms with Crippen LogP contribution in [-0.4, -0.2) is 52.9 Å². The van der Waals surface area contributed by atoms with Crippen molar-refractivity contribution >= 4 is 5.91 Å². The molecule has 1 aliphatic heterocycles. The Balaban J connectivity index is 1.60. The Morgan fingerprint density at radius 1 is 1.56 bits per heavy atom. The lowest BCUT2D eigenvalue weighted by Gasteiger charge is -2.28. The molecule has 1 aromatic heterocycles. The van der Waals surface area contributed by atoms with Gasteiger partial charge < -0.3 is 10.2 Å². The van der Waals surface area contributed by atoms with Crippen LogP contribution in [-0.2, 0) is 11.2 Å². The van der Waals surface area contributed by atoms with Gasteiger partial charge in [0.1, 0.15) is 0 Å². The van der Waals surface area contributed by atoms with Crippen molar-refractivity contribution in [2.45, 2.75) is 25.7 Å². The second kappa shape index (κ2) is 6.49. The summed E-state index contributed by atoms with van der Waals surface area (Å²) < 4.78 is 0. The maximum absolute atomic E-state index is 11.7. The largest absolute Gasteiger partial charge is 0.356 e. The molecule has 1 fully saturated rings. The Morgan fingerprint density at radius 2 is 2.33 bits per heavy atom.